The minimum absolute atomic E-state index is 0.0834. The third kappa shape index (κ3) is 33.8. The van der Waals surface area contributed by atoms with E-state index < -0.39 is 340 Å². The van der Waals surface area contributed by atoms with E-state index in [1.54, 1.807) is 24.3 Å². The van der Waals surface area contributed by atoms with Crippen LogP contribution in [-0.2, 0) is 75.7 Å². The quantitative estimate of drug-likeness (QED) is 0.0144. The number of benzene rings is 5. The van der Waals surface area contributed by atoms with Crippen molar-refractivity contribution in [1.82, 2.24) is 24.5 Å². The average molecular weight is 1840 g/mol. The molecule has 0 radical (unpaired) electrons. The molecule has 5 aliphatic carbocycles. The highest BCUT2D eigenvalue weighted by molar-refractivity contribution is 5.84. The summed E-state index contributed by atoms with van der Waals surface area (Å²) in [7, 11) is 0. The maximum Gasteiger partial charge on any atom is 0.344 e. The van der Waals surface area contributed by atoms with Crippen molar-refractivity contribution < 1.29 is 149 Å². The zero-order chi connectivity index (χ0) is 143. The van der Waals surface area contributed by atoms with Gasteiger partial charge in [-0.3, -0.25) is 24.5 Å². The van der Waals surface area contributed by atoms with Crippen molar-refractivity contribution in [3.8, 4) is 59.2 Å². The number of rotatable bonds is 35. The molecule has 0 bridgehead atoms. The van der Waals surface area contributed by atoms with Crippen LogP contribution in [0.1, 0.15) is 332 Å². The molecule has 0 saturated heterocycles. The maximum atomic E-state index is 13.7. The van der Waals surface area contributed by atoms with Crippen LogP contribution in [0.5, 0.6) is 0 Å². The van der Waals surface area contributed by atoms with Crippen LogP contribution in [0.25, 0.3) is 0 Å². The van der Waals surface area contributed by atoms with Gasteiger partial charge in [-0.15, -0.1) is 0 Å². The molecule has 130 heavy (non-hydrogen) atoms. The summed E-state index contributed by atoms with van der Waals surface area (Å²) in [5.41, 5.74) is -18.6. The molecule has 0 aliphatic heterocycles. The lowest BCUT2D eigenvalue weighted by atomic mass is 9.73. The van der Waals surface area contributed by atoms with E-state index in [9.17, 15) is 49.5 Å². The minimum Gasteiger partial charge on any atom is -0.450 e. The summed E-state index contributed by atoms with van der Waals surface area (Å²) in [6.07, 6.45) is -52.7. The molecule has 710 valence electrons. The highest BCUT2D eigenvalue weighted by Gasteiger charge is 2.52. The first-order valence-corrected chi connectivity index (χ1v) is 42.5. The van der Waals surface area contributed by atoms with E-state index in [-0.39, 0.29) is 32.2 Å². The van der Waals surface area contributed by atoms with Crippen LogP contribution < -0.4 is 0 Å². The fraction of sp³-hybridized carbons (Fsp3) is 0.591. The Hall–Kier alpha value is -9.15. The molecule has 5 fully saturated rings. The van der Waals surface area contributed by atoms with Gasteiger partial charge in [0.25, 0.3) is 0 Å². The van der Waals surface area contributed by atoms with Crippen LogP contribution >= 0.6 is 0 Å². The lowest BCUT2D eigenvalue weighted by molar-refractivity contribution is -0.174. The number of hydrogen-bond acceptors (Lipinski definition) is 20. The molecule has 0 spiro atoms. The molecule has 5 unspecified atom stereocenters. The van der Waals surface area contributed by atoms with Gasteiger partial charge in [0.1, 0.15) is 0 Å². The second-order valence-corrected chi connectivity index (χ2v) is 28.8. The van der Waals surface area contributed by atoms with Crippen LogP contribution in [0.4, 0.5) is 0 Å². The van der Waals surface area contributed by atoms with Crippen LogP contribution in [0, 0.1) is 88.7 Å². The largest absolute Gasteiger partial charge is 0.450 e. The van der Waals surface area contributed by atoms with E-state index in [0.717, 1.165) is 93.6 Å². The zero-order valence-corrected chi connectivity index (χ0v) is 74.1. The Labute approximate surface area is 857 Å². The van der Waals surface area contributed by atoms with Crippen LogP contribution in [0.3, 0.4) is 0 Å². The van der Waals surface area contributed by atoms with Crippen molar-refractivity contribution in [2.24, 2.45) is 29.5 Å². The molecule has 20 heteroatoms. The molecule has 0 aromatic heterocycles. The predicted molar refractivity (Wildman–Crippen MR) is 517 cm³/mol. The fourth-order valence-electron chi connectivity index (χ4n) is 13.1. The molecule has 5 atom stereocenters. The molecular weight excluding hydrogens is 1630 g/mol. The molecule has 0 heterocycles. The maximum absolute atomic E-state index is 13.7. The van der Waals surface area contributed by atoms with E-state index in [2.05, 4.69) is 64.1 Å². The minimum atomic E-state index is -4.49. The normalized spacial score (nSPS) is 30.4. The molecule has 20 nitrogen and oxygen atoms in total. The Morgan fingerprint density at radius 1 is 0.315 bits per heavy atom. The van der Waals surface area contributed by atoms with Crippen molar-refractivity contribution >= 4 is 29.8 Å². The summed E-state index contributed by atoms with van der Waals surface area (Å²) in [5, 5.41) is 58.7. The summed E-state index contributed by atoms with van der Waals surface area (Å²) >= 11 is 0. The van der Waals surface area contributed by atoms with E-state index in [1.165, 1.54) is 41.3 Å². The molecular formula is C110H155N5O15. The summed E-state index contributed by atoms with van der Waals surface area (Å²) in [4.78, 5) is 74.8. The number of esters is 5. The second-order valence-electron chi connectivity index (χ2n) is 28.8. The Morgan fingerprint density at radius 2 is 0.531 bits per heavy atom. The summed E-state index contributed by atoms with van der Waals surface area (Å²) in [6.45, 7) is 1.70. The molecule has 5 saturated carbocycles. The van der Waals surface area contributed by atoms with E-state index in [0.29, 0.717) is 57.7 Å². The van der Waals surface area contributed by atoms with Crippen LogP contribution in [0.2, 0.25) is 0 Å². The van der Waals surface area contributed by atoms with E-state index in [1.807, 2.05) is 57.4 Å². The van der Waals surface area contributed by atoms with Gasteiger partial charge in [0.15, 0.2) is 61.0 Å². The third-order valence-electron chi connectivity index (χ3n) is 20.9. The molecule has 5 aliphatic rings. The average Bonchev–Trinajstić information content (AvgIpc) is 0.712. The van der Waals surface area contributed by atoms with Crippen molar-refractivity contribution in [3.05, 3.63) is 179 Å². The molecule has 0 amide bonds. The highest BCUT2D eigenvalue weighted by atomic mass is 16.6. The lowest BCUT2D eigenvalue weighted by Crippen LogP contribution is -2.45. The Bertz CT molecular complexity index is 6980. The van der Waals surface area contributed by atoms with E-state index >= 15 is 0 Å². The zero-order valence-electron chi connectivity index (χ0n) is 129. The van der Waals surface area contributed by atoms with Crippen LogP contribution in [0.15, 0.2) is 151 Å². The van der Waals surface area contributed by atoms with Gasteiger partial charge in [-0.25, -0.2) is 24.0 Å². The van der Waals surface area contributed by atoms with Gasteiger partial charge in [-0.2, -0.15) is 0 Å². The van der Waals surface area contributed by atoms with Gasteiger partial charge in [-0.1, -0.05) is 375 Å². The fourth-order valence-corrected chi connectivity index (χ4v) is 13.1. The number of hydrogen-bond donors (Lipinski definition) is 5. The SMILES string of the molecule is [2H]C([2H])([2H])CN(CC#CCOC(=O)C(O)(c1ccccc1)C1([2H])C([2H])([2H])C([2H])([2H])C([2H])([2H])C([2H])([2H])C1([2H])[2H])CC([2H])([2H])[2H].[2H]C([2H])([2H])CN(CC#CCOC(=O)C(O)(c1ccccc1)C1CCCCC1)CC([2H])([2H])[2H].[2H]C1([2H])C([2H])([2H])C([2H])([2H])C([2H])(C(O)(C(=O)OCC#CCN(CC)CC)c2ccccc2)C([2H])([2H])C1([2H])[2H].[2H]c1c([2H])c([2H])c(C(O)(C(=O)OCC#CCN(CC)CC)C2([2H])C([2H])([2H])C([2H])([2H])C([2H])([2H])C([2H])([2H])C2([2H])[2H])c([2H])c1[2H].[2H]c1c([2H])c([2H])c(C(O)(C(=O)OCC#CCN(CC)CC)C2CCCCC2)c([2H])c1[2H]. The lowest BCUT2D eigenvalue weighted by Gasteiger charge is -2.36. The summed E-state index contributed by atoms with van der Waals surface area (Å²) < 4.78 is 469. The second kappa shape index (κ2) is 61.5. The van der Waals surface area contributed by atoms with E-state index in [4.69, 9.17) is 99.1 Å². The standard InChI is InChI=1S/5C22H31NO3/c5*1-3-23(4-2)17-11-12-18-26-21(24)22(25,19-13-7-5-8-14-19)20-15-9-6-10-16-20/h5*5,7-8,13-14,20,25H,3-4,6,9-10,15-18H2,1-2H3/i5D,6D2,7D,8D,9D2,10D2,13D,14D,15D2,16D2,20D;1D3,2D3,6D2,9D2,10D2,15D2,16D2,20D;6D2,9D2,10D2,15D2,16D2,20D;5D,7D,8D,13D,14D;1D3,2D3. The number of carbonyl (C=O) groups is 5. The van der Waals surface area contributed by atoms with Crippen molar-refractivity contribution in [1.29, 1.82) is 0 Å². The third-order valence-corrected chi connectivity index (χ3v) is 20.9. The smallest absolute Gasteiger partial charge is 0.344 e. The Kier molecular flexibility index (Phi) is 25.1. The summed E-state index contributed by atoms with van der Waals surface area (Å²) in [6, 6.07) is 11.4. The molecule has 5 aromatic carbocycles. The van der Waals surface area contributed by atoms with Gasteiger partial charge in [0.2, 0.25) is 0 Å². The van der Waals surface area contributed by atoms with Gasteiger partial charge in [0.05, 0.1) is 46.4 Å². The van der Waals surface area contributed by atoms with Gasteiger partial charge in [0, 0.05) is 91.2 Å². The molecule has 5 aromatic rings. The number of ether oxygens (including phenoxy) is 5. The topological polar surface area (TPSA) is 249 Å². The first-order valence-electron chi connectivity index (χ1n) is 70.0. The van der Waals surface area contributed by atoms with Gasteiger partial charge >= 0.3 is 29.8 Å². The number of nitrogens with zero attached hydrogens (tertiary/aromatic N) is 5. The van der Waals surface area contributed by atoms with Crippen molar-refractivity contribution in [3.63, 3.8) is 0 Å². The predicted octanol–water partition coefficient (Wildman–Crippen LogP) is 16.7. The number of carbonyl (C=O) groups excluding carboxylic acids is 5. The molecule has 10 rings (SSSR count). The highest BCUT2D eigenvalue weighted by Crippen LogP contribution is 2.46. The monoisotopic (exact) mass is 1840 g/mol. The first-order chi connectivity index (χ1) is 84.3. The van der Waals surface area contributed by atoms with Gasteiger partial charge < -0.3 is 49.2 Å². The Balaban J connectivity index is 0.000000350. The molecule has 5 N–H and O–H groups in total. The Morgan fingerprint density at radius 3 is 0.777 bits per heavy atom. The first kappa shape index (κ1) is 53.1. The van der Waals surface area contributed by atoms with Crippen molar-refractivity contribution in [2.45, 2.75) is 257 Å². The van der Waals surface area contributed by atoms with Crippen LogP contribution in [-0.4, -0.2) is 211 Å². The van der Waals surface area contributed by atoms with Gasteiger partial charge in [-0.05, 0) is 157 Å². The van der Waals surface area contributed by atoms with Crippen molar-refractivity contribution in [2.75, 3.05) is 131 Å². The number of aliphatic hydroxyl groups is 5. The summed E-state index contributed by atoms with van der Waals surface area (Å²) in [5.74, 6) is 4.85.